The number of amides is 2. The van der Waals surface area contributed by atoms with Crippen molar-refractivity contribution in [3.05, 3.63) is 59.7 Å². The Morgan fingerprint density at radius 3 is 2.32 bits per heavy atom. The summed E-state index contributed by atoms with van der Waals surface area (Å²) in [4.78, 5) is 24.8. The first-order chi connectivity index (χ1) is 12.2. The Balaban J connectivity index is 2.19. The average molecular weight is 340 g/mol. The molecule has 132 valence electrons. The van der Waals surface area contributed by atoms with Gasteiger partial charge in [-0.15, -0.1) is 0 Å². The predicted molar refractivity (Wildman–Crippen MR) is 99.2 cm³/mol. The number of carbonyl (C=O) groups excluding carboxylic acids is 2. The molecule has 5 heteroatoms. The van der Waals surface area contributed by atoms with Gasteiger partial charge in [-0.25, -0.2) is 0 Å². The SMILES string of the molecule is CCCCOc1ccccc1C(=O)Nc1ccccc1C(=O)NCC. The zero-order valence-electron chi connectivity index (χ0n) is 14.7. The molecule has 0 fully saturated rings. The molecule has 2 aromatic carbocycles. The minimum Gasteiger partial charge on any atom is -0.493 e. The highest BCUT2D eigenvalue weighted by Crippen LogP contribution is 2.22. The lowest BCUT2D eigenvalue weighted by Crippen LogP contribution is -2.25. The molecule has 0 aliphatic heterocycles. The molecule has 2 aromatic rings. The lowest BCUT2D eigenvalue weighted by molar-refractivity contribution is 0.0956. The number of rotatable bonds is 8. The van der Waals surface area contributed by atoms with Gasteiger partial charge in [0.05, 0.1) is 23.4 Å². The van der Waals surface area contributed by atoms with Crippen LogP contribution in [-0.2, 0) is 0 Å². The summed E-state index contributed by atoms with van der Waals surface area (Å²) in [6, 6.07) is 14.1. The van der Waals surface area contributed by atoms with Crippen molar-refractivity contribution in [2.24, 2.45) is 0 Å². The van der Waals surface area contributed by atoms with E-state index in [1.165, 1.54) is 0 Å². The number of anilines is 1. The van der Waals surface area contributed by atoms with Crippen LogP contribution in [0.2, 0.25) is 0 Å². The molecule has 0 saturated carbocycles. The van der Waals surface area contributed by atoms with Crippen LogP contribution in [0.1, 0.15) is 47.4 Å². The Bertz CT molecular complexity index is 728. The third-order valence-corrected chi connectivity index (χ3v) is 3.64. The molecule has 5 nitrogen and oxygen atoms in total. The van der Waals surface area contributed by atoms with Crippen molar-refractivity contribution < 1.29 is 14.3 Å². The maximum atomic E-state index is 12.7. The van der Waals surface area contributed by atoms with E-state index in [0.717, 1.165) is 12.8 Å². The molecule has 2 N–H and O–H groups in total. The fourth-order valence-electron chi connectivity index (χ4n) is 2.34. The van der Waals surface area contributed by atoms with E-state index in [2.05, 4.69) is 17.6 Å². The monoisotopic (exact) mass is 340 g/mol. The second-order valence-corrected chi connectivity index (χ2v) is 5.56. The Morgan fingerprint density at radius 1 is 0.920 bits per heavy atom. The van der Waals surface area contributed by atoms with E-state index in [4.69, 9.17) is 4.74 Å². The second-order valence-electron chi connectivity index (χ2n) is 5.56. The first-order valence-corrected chi connectivity index (χ1v) is 8.57. The fourth-order valence-corrected chi connectivity index (χ4v) is 2.34. The number of ether oxygens (including phenoxy) is 1. The van der Waals surface area contributed by atoms with Crippen LogP contribution in [0, 0.1) is 0 Å². The number of benzene rings is 2. The Labute approximate surface area is 148 Å². The highest BCUT2D eigenvalue weighted by atomic mass is 16.5. The van der Waals surface area contributed by atoms with Crippen molar-refractivity contribution in [1.82, 2.24) is 5.32 Å². The van der Waals surface area contributed by atoms with Gasteiger partial charge in [0.15, 0.2) is 0 Å². The van der Waals surface area contributed by atoms with Gasteiger partial charge >= 0.3 is 0 Å². The lowest BCUT2D eigenvalue weighted by Gasteiger charge is -2.13. The zero-order chi connectivity index (χ0) is 18.1. The summed E-state index contributed by atoms with van der Waals surface area (Å²) in [5.74, 6) is 0.0265. The lowest BCUT2D eigenvalue weighted by atomic mass is 10.1. The Kier molecular flexibility index (Phi) is 7.01. The number of hydrogen-bond acceptors (Lipinski definition) is 3. The van der Waals surface area contributed by atoms with Crippen molar-refractivity contribution in [2.45, 2.75) is 26.7 Å². The van der Waals surface area contributed by atoms with Gasteiger partial charge in [0, 0.05) is 6.54 Å². The van der Waals surface area contributed by atoms with E-state index in [1.807, 2.05) is 13.0 Å². The smallest absolute Gasteiger partial charge is 0.259 e. The van der Waals surface area contributed by atoms with E-state index in [-0.39, 0.29) is 11.8 Å². The van der Waals surface area contributed by atoms with Crippen LogP contribution >= 0.6 is 0 Å². The van der Waals surface area contributed by atoms with Crippen molar-refractivity contribution in [2.75, 3.05) is 18.5 Å². The van der Waals surface area contributed by atoms with Crippen LogP contribution in [-0.4, -0.2) is 25.0 Å². The van der Waals surface area contributed by atoms with Crippen LogP contribution in [0.3, 0.4) is 0 Å². The molecular formula is C20H24N2O3. The molecule has 2 rings (SSSR count). The highest BCUT2D eigenvalue weighted by Gasteiger charge is 2.16. The topological polar surface area (TPSA) is 67.4 Å². The van der Waals surface area contributed by atoms with Gasteiger partial charge in [0.1, 0.15) is 5.75 Å². The van der Waals surface area contributed by atoms with E-state index < -0.39 is 0 Å². The summed E-state index contributed by atoms with van der Waals surface area (Å²) in [6.45, 7) is 5.02. The van der Waals surface area contributed by atoms with Crippen LogP contribution in [0.25, 0.3) is 0 Å². The highest BCUT2D eigenvalue weighted by molar-refractivity contribution is 6.10. The van der Waals surface area contributed by atoms with Crippen molar-refractivity contribution in [3.8, 4) is 5.75 Å². The average Bonchev–Trinajstić information content (AvgIpc) is 2.63. The molecule has 0 aromatic heterocycles. The van der Waals surface area contributed by atoms with E-state index in [1.54, 1.807) is 42.5 Å². The molecule has 0 aliphatic carbocycles. The summed E-state index contributed by atoms with van der Waals surface area (Å²) in [6.07, 6.45) is 1.95. The number of nitrogens with one attached hydrogen (secondary N) is 2. The van der Waals surface area contributed by atoms with E-state index >= 15 is 0 Å². The van der Waals surface area contributed by atoms with Crippen LogP contribution in [0.5, 0.6) is 5.75 Å². The molecule has 0 aliphatic rings. The summed E-state index contributed by atoms with van der Waals surface area (Å²) < 4.78 is 5.71. The minimum absolute atomic E-state index is 0.217. The number of para-hydroxylation sites is 2. The van der Waals surface area contributed by atoms with Gasteiger partial charge < -0.3 is 15.4 Å². The van der Waals surface area contributed by atoms with Crippen molar-refractivity contribution >= 4 is 17.5 Å². The largest absolute Gasteiger partial charge is 0.493 e. The first kappa shape index (κ1) is 18.5. The number of unbranched alkanes of at least 4 members (excludes halogenated alkanes) is 1. The Morgan fingerprint density at radius 2 is 1.60 bits per heavy atom. The van der Waals surface area contributed by atoms with E-state index in [0.29, 0.717) is 35.7 Å². The molecule has 0 heterocycles. The molecule has 0 saturated heterocycles. The number of carbonyl (C=O) groups is 2. The molecule has 0 radical (unpaired) electrons. The normalized spacial score (nSPS) is 10.2. The maximum absolute atomic E-state index is 12.7. The zero-order valence-corrected chi connectivity index (χ0v) is 14.7. The van der Waals surface area contributed by atoms with Gasteiger partial charge in [-0.05, 0) is 37.6 Å². The second kappa shape index (κ2) is 9.47. The van der Waals surface area contributed by atoms with Gasteiger partial charge in [-0.3, -0.25) is 9.59 Å². The van der Waals surface area contributed by atoms with Gasteiger partial charge in [0.2, 0.25) is 0 Å². The van der Waals surface area contributed by atoms with Crippen molar-refractivity contribution in [3.63, 3.8) is 0 Å². The molecule has 2 amide bonds. The molecule has 0 atom stereocenters. The fraction of sp³-hybridized carbons (Fsp3) is 0.300. The van der Waals surface area contributed by atoms with Crippen molar-refractivity contribution in [1.29, 1.82) is 0 Å². The molecule has 0 spiro atoms. The minimum atomic E-state index is -0.302. The molecular weight excluding hydrogens is 316 g/mol. The molecule has 0 unspecified atom stereocenters. The molecule has 25 heavy (non-hydrogen) atoms. The first-order valence-electron chi connectivity index (χ1n) is 8.57. The van der Waals surface area contributed by atoms with E-state index in [9.17, 15) is 9.59 Å². The summed E-state index contributed by atoms with van der Waals surface area (Å²) in [5, 5.41) is 5.56. The third kappa shape index (κ3) is 5.08. The van der Waals surface area contributed by atoms with Gasteiger partial charge in [-0.2, -0.15) is 0 Å². The standard InChI is InChI=1S/C20H24N2O3/c1-3-5-14-25-18-13-9-7-11-16(18)20(24)22-17-12-8-6-10-15(17)19(23)21-4-2/h6-13H,3-5,14H2,1-2H3,(H,21,23)(H,22,24). The molecule has 0 bridgehead atoms. The predicted octanol–water partition coefficient (Wildman–Crippen LogP) is 3.87. The van der Waals surface area contributed by atoms with Gasteiger partial charge in [-0.1, -0.05) is 37.6 Å². The Hall–Kier alpha value is -2.82. The quantitative estimate of drug-likeness (QED) is 0.717. The van der Waals surface area contributed by atoms with Crippen LogP contribution in [0.4, 0.5) is 5.69 Å². The summed E-state index contributed by atoms with van der Waals surface area (Å²) in [5.41, 5.74) is 1.35. The van der Waals surface area contributed by atoms with Gasteiger partial charge in [0.25, 0.3) is 11.8 Å². The maximum Gasteiger partial charge on any atom is 0.259 e. The third-order valence-electron chi connectivity index (χ3n) is 3.64. The van der Waals surface area contributed by atoms with Crippen LogP contribution < -0.4 is 15.4 Å². The summed E-state index contributed by atoms with van der Waals surface area (Å²) in [7, 11) is 0. The summed E-state index contributed by atoms with van der Waals surface area (Å²) >= 11 is 0. The van der Waals surface area contributed by atoms with Crippen LogP contribution in [0.15, 0.2) is 48.5 Å². The number of hydrogen-bond donors (Lipinski definition) is 2.